The first kappa shape index (κ1) is 12.4. The maximum atomic E-state index is 14.0. The van der Waals surface area contributed by atoms with Crippen molar-refractivity contribution >= 4 is 5.82 Å². The summed E-state index contributed by atoms with van der Waals surface area (Å²) in [5.41, 5.74) is 7.84. The molecule has 1 aromatic carbocycles. The predicted molar refractivity (Wildman–Crippen MR) is 68.9 cm³/mol. The number of aromatic nitrogens is 2. The lowest BCUT2D eigenvalue weighted by atomic mass is 10.0. The van der Waals surface area contributed by atoms with Gasteiger partial charge in [0.25, 0.3) is 0 Å². The average molecular weight is 249 g/mol. The highest BCUT2D eigenvalue weighted by Gasteiger charge is 2.14. The van der Waals surface area contributed by atoms with Gasteiger partial charge < -0.3 is 10.5 Å². The van der Waals surface area contributed by atoms with Crippen LogP contribution in [0.5, 0.6) is 5.75 Å². The Morgan fingerprint density at radius 3 is 2.67 bits per heavy atom. The van der Waals surface area contributed by atoms with E-state index in [1.165, 1.54) is 13.2 Å². The minimum atomic E-state index is -0.282. The van der Waals surface area contributed by atoms with Gasteiger partial charge in [0.05, 0.1) is 13.3 Å². The fourth-order valence-corrected chi connectivity index (χ4v) is 1.96. The maximum absolute atomic E-state index is 14.0. The molecule has 0 saturated carbocycles. The minimum Gasteiger partial charge on any atom is -0.496 e. The van der Waals surface area contributed by atoms with Crippen LogP contribution in [-0.4, -0.2) is 16.9 Å². The first-order valence-corrected chi connectivity index (χ1v) is 5.72. The molecule has 0 radical (unpaired) electrons. The Hall–Kier alpha value is -2.04. The van der Waals surface area contributed by atoms with Crippen molar-refractivity contribution in [2.45, 2.75) is 13.3 Å². The Labute approximate surface area is 105 Å². The van der Waals surface area contributed by atoms with Gasteiger partial charge in [-0.25, -0.2) is 4.39 Å². The van der Waals surface area contributed by atoms with Crippen LogP contribution in [0.25, 0.3) is 11.1 Å². The zero-order valence-electron chi connectivity index (χ0n) is 10.7. The van der Waals surface area contributed by atoms with E-state index in [-0.39, 0.29) is 5.82 Å². The van der Waals surface area contributed by atoms with Crippen LogP contribution in [0, 0.1) is 5.82 Å². The summed E-state index contributed by atoms with van der Waals surface area (Å²) in [7, 11) is 3.27. The highest BCUT2D eigenvalue weighted by Crippen LogP contribution is 2.32. The number of aryl methyl sites for hydroxylation is 1. The van der Waals surface area contributed by atoms with Crippen LogP contribution in [0.3, 0.4) is 0 Å². The van der Waals surface area contributed by atoms with Crippen molar-refractivity contribution in [3.8, 4) is 16.9 Å². The predicted octanol–water partition coefficient (Wildman–Crippen LogP) is 2.38. The molecular formula is C13H16FN3O. The second-order valence-corrected chi connectivity index (χ2v) is 4.06. The molecule has 5 heteroatoms. The molecule has 0 aliphatic heterocycles. The zero-order chi connectivity index (χ0) is 13.3. The number of halogens is 1. The standard InChI is InChI=1S/C13H16FN3O/c1-4-9-11(14)5-8(6-12(9)18-3)10-7-16-17(2)13(10)15/h5-7H,4,15H2,1-3H3. The molecule has 0 spiro atoms. The third kappa shape index (κ3) is 1.92. The number of rotatable bonds is 3. The number of benzene rings is 1. The molecule has 96 valence electrons. The van der Waals surface area contributed by atoms with E-state index in [0.717, 1.165) is 0 Å². The van der Waals surface area contributed by atoms with Crippen LogP contribution < -0.4 is 10.5 Å². The summed E-state index contributed by atoms with van der Waals surface area (Å²) in [6.07, 6.45) is 2.20. The molecule has 0 aliphatic rings. The zero-order valence-corrected chi connectivity index (χ0v) is 10.7. The minimum absolute atomic E-state index is 0.282. The van der Waals surface area contributed by atoms with Gasteiger partial charge in [0.2, 0.25) is 0 Å². The quantitative estimate of drug-likeness (QED) is 0.908. The summed E-state index contributed by atoms with van der Waals surface area (Å²) in [4.78, 5) is 0. The number of anilines is 1. The van der Waals surface area contributed by atoms with Gasteiger partial charge in [0.15, 0.2) is 0 Å². The molecule has 0 amide bonds. The lowest BCUT2D eigenvalue weighted by Crippen LogP contribution is -1.99. The topological polar surface area (TPSA) is 53.1 Å². The molecular weight excluding hydrogens is 233 g/mol. The lowest BCUT2D eigenvalue weighted by Gasteiger charge is -2.10. The number of nitrogen functional groups attached to an aromatic ring is 1. The second kappa shape index (κ2) is 4.68. The lowest BCUT2D eigenvalue weighted by molar-refractivity contribution is 0.405. The molecule has 0 atom stereocenters. The number of methoxy groups -OCH3 is 1. The molecule has 0 aliphatic carbocycles. The Balaban J connectivity index is 2.59. The van der Waals surface area contributed by atoms with Crippen molar-refractivity contribution in [2.75, 3.05) is 12.8 Å². The summed E-state index contributed by atoms with van der Waals surface area (Å²) >= 11 is 0. The van der Waals surface area contributed by atoms with E-state index in [2.05, 4.69) is 5.10 Å². The number of nitrogens with zero attached hydrogens (tertiary/aromatic N) is 2. The largest absolute Gasteiger partial charge is 0.496 e. The molecule has 18 heavy (non-hydrogen) atoms. The molecule has 1 aromatic heterocycles. The fourth-order valence-electron chi connectivity index (χ4n) is 1.96. The number of nitrogens with two attached hydrogens (primary N) is 1. The first-order chi connectivity index (χ1) is 8.58. The first-order valence-electron chi connectivity index (χ1n) is 5.72. The third-order valence-corrected chi connectivity index (χ3v) is 3.02. The van der Waals surface area contributed by atoms with E-state index >= 15 is 0 Å². The fraction of sp³-hybridized carbons (Fsp3) is 0.308. The van der Waals surface area contributed by atoms with E-state index in [1.807, 2.05) is 6.92 Å². The van der Waals surface area contributed by atoms with Gasteiger partial charge in [0.1, 0.15) is 17.4 Å². The van der Waals surface area contributed by atoms with Crippen LogP contribution >= 0.6 is 0 Å². The maximum Gasteiger partial charge on any atom is 0.130 e. The summed E-state index contributed by atoms with van der Waals surface area (Å²) in [6.45, 7) is 1.89. The molecule has 2 aromatic rings. The summed E-state index contributed by atoms with van der Waals surface area (Å²) in [5, 5.41) is 4.05. The van der Waals surface area contributed by atoms with E-state index in [4.69, 9.17) is 10.5 Å². The summed E-state index contributed by atoms with van der Waals surface area (Å²) < 4.78 is 20.7. The Bertz CT molecular complexity index is 578. The average Bonchev–Trinajstić information content (AvgIpc) is 2.69. The van der Waals surface area contributed by atoms with Crippen molar-refractivity contribution < 1.29 is 9.13 Å². The summed E-state index contributed by atoms with van der Waals surface area (Å²) in [5.74, 6) is 0.756. The van der Waals surface area contributed by atoms with Crippen molar-refractivity contribution in [1.82, 2.24) is 9.78 Å². The highest BCUT2D eigenvalue weighted by molar-refractivity contribution is 5.75. The SMILES string of the molecule is CCc1c(F)cc(-c2cnn(C)c2N)cc1OC. The van der Waals surface area contributed by atoms with Gasteiger partial charge in [-0.3, -0.25) is 4.68 Å². The Morgan fingerprint density at radius 2 is 2.17 bits per heavy atom. The molecule has 4 nitrogen and oxygen atoms in total. The normalized spacial score (nSPS) is 10.7. The number of ether oxygens (including phenoxy) is 1. The summed E-state index contributed by atoms with van der Waals surface area (Å²) in [6, 6.07) is 3.25. The van der Waals surface area contributed by atoms with Crippen LogP contribution in [0.1, 0.15) is 12.5 Å². The smallest absolute Gasteiger partial charge is 0.130 e. The van der Waals surface area contributed by atoms with Crippen LogP contribution in [-0.2, 0) is 13.5 Å². The molecule has 2 rings (SSSR count). The van der Waals surface area contributed by atoms with Crippen molar-refractivity contribution in [2.24, 2.45) is 7.05 Å². The molecule has 2 N–H and O–H groups in total. The van der Waals surface area contributed by atoms with Gasteiger partial charge >= 0.3 is 0 Å². The van der Waals surface area contributed by atoms with E-state index < -0.39 is 0 Å². The monoisotopic (exact) mass is 249 g/mol. The highest BCUT2D eigenvalue weighted by atomic mass is 19.1. The molecule has 0 unspecified atom stereocenters. The third-order valence-electron chi connectivity index (χ3n) is 3.02. The molecule has 1 heterocycles. The van der Waals surface area contributed by atoms with Crippen LogP contribution in [0.15, 0.2) is 18.3 Å². The Kier molecular flexibility index (Phi) is 3.23. The van der Waals surface area contributed by atoms with Crippen molar-refractivity contribution in [1.29, 1.82) is 0 Å². The van der Waals surface area contributed by atoms with Crippen molar-refractivity contribution in [3.63, 3.8) is 0 Å². The number of hydrogen-bond acceptors (Lipinski definition) is 3. The van der Waals surface area contributed by atoms with Crippen LogP contribution in [0.4, 0.5) is 10.2 Å². The van der Waals surface area contributed by atoms with Gasteiger partial charge in [-0.2, -0.15) is 5.10 Å². The molecule has 0 fully saturated rings. The van der Waals surface area contributed by atoms with Gasteiger partial charge in [-0.1, -0.05) is 6.92 Å². The number of hydrogen-bond donors (Lipinski definition) is 1. The molecule has 0 bridgehead atoms. The van der Waals surface area contributed by atoms with Gasteiger partial charge in [-0.15, -0.1) is 0 Å². The van der Waals surface area contributed by atoms with E-state index in [9.17, 15) is 4.39 Å². The second-order valence-electron chi connectivity index (χ2n) is 4.06. The van der Waals surface area contributed by atoms with E-state index in [1.54, 1.807) is 24.0 Å². The van der Waals surface area contributed by atoms with E-state index in [0.29, 0.717) is 34.7 Å². The Morgan fingerprint density at radius 1 is 1.44 bits per heavy atom. The van der Waals surface area contributed by atoms with Crippen molar-refractivity contribution in [3.05, 3.63) is 29.7 Å². The van der Waals surface area contributed by atoms with Gasteiger partial charge in [0, 0.05) is 18.2 Å². The van der Waals surface area contributed by atoms with Gasteiger partial charge in [-0.05, 0) is 24.1 Å². The van der Waals surface area contributed by atoms with Crippen LogP contribution in [0.2, 0.25) is 0 Å². The molecule has 0 saturated heterocycles.